The summed E-state index contributed by atoms with van der Waals surface area (Å²) >= 11 is 0. The minimum Gasteiger partial charge on any atom is -0.370 e. The molecule has 0 aliphatic heterocycles. The van der Waals surface area contributed by atoms with Crippen LogP contribution < -0.4 is 10.6 Å². The first kappa shape index (κ1) is 15.1. The second-order valence-corrected chi connectivity index (χ2v) is 6.78. The molecule has 20 heavy (non-hydrogen) atoms. The predicted molar refractivity (Wildman–Crippen MR) is 85.5 cm³/mol. The van der Waals surface area contributed by atoms with Gasteiger partial charge >= 0.3 is 0 Å². The van der Waals surface area contributed by atoms with Crippen molar-refractivity contribution in [2.75, 3.05) is 17.2 Å². The van der Waals surface area contributed by atoms with E-state index in [1.54, 1.807) is 0 Å². The summed E-state index contributed by atoms with van der Waals surface area (Å²) in [6.07, 6.45) is 5.16. The summed E-state index contributed by atoms with van der Waals surface area (Å²) in [5.41, 5.74) is 1.09. The molecule has 0 bridgehead atoms. The molecule has 0 amide bonds. The summed E-state index contributed by atoms with van der Waals surface area (Å²) in [5.74, 6) is 2.88. The molecule has 112 valence electrons. The van der Waals surface area contributed by atoms with Crippen LogP contribution in [0.3, 0.4) is 0 Å². The number of nitrogens with one attached hydrogen (secondary N) is 2. The molecule has 0 unspecified atom stereocenters. The van der Waals surface area contributed by atoms with Gasteiger partial charge in [-0.25, -0.2) is 9.97 Å². The maximum absolute atomic E-state index is 4.79. The molecule has 0 radical (unpaired) electrons. The molecule has 1 aliphatic rings. The fraction of sp³-hybridized carbons (Fsp3) is 0.750. The Bertz CT molecular complexity index is 456. The van der Waals surface area contributed by atoms with E-state index in [0.29, 0.717) is 6.04 Å². The van der Waals surface area contributed by atoms with Gasteiger partial charge in [-0.2, -0.15) is 0 Å². The van der Waals surface area contributed by atoms with Crippen molar-refractivity contribution in [3.8, 4) is 0 Å². The zero-order valence-corrected chi connectivity index (χ0v) is 13.5. The van der Waals surface area contributed by atoms with Gasteiger partial charge in [0.2, 0.25) is 0 Å². The minimum atomic E-state index is -0.0377. The molecule has 1 saturated carbocycles. The largest absolute Gasteiger partial charge is 0.370 e. The van der Waals surface area contributed by atoms with Crippen LogP contribution in [-0.4, -0.2) is 22.6 Å². The number of rotatable bonds is 4. The summed E-state index contributed by atoms with van der Waals surface area (Å²) in [6.45, 7) is 11.6. The maximum atomic E-state index is 4.79. The van der Waals surface area contributed by atoms with Gasteiger partial charge in [-0.3, -0.25) is 0 Å². The third-order valence-corrected chi connectivity index (χ3v) is 3.86. The maximum Gasteiger partial charge on any atom is 0.138 e. The molecule has 1 aromatic heterocycles. The molecule has 0 spiro atoms. The van der Waals surface area contributed by atoms with Crippen molar-refractivity contribution in [1.29, 1.82) is 0 Å². The number of hydrogen-bond acceptors (Lipinski definition) is 4. The first-order valence-electron chi connectivity index (χ1n) is 7.81. The van der Waals surface area contributed by atoms with E-state index in [1.807, 2.05) is 0 Å². The van der Waals surface area contributed by atoms with Gasteiger partial charge in [-0.1, -0.05) is 33.6 Å². The number of hydrogen-bond donors (Lipinski definition) is 2. The van der Waals surface area contributed by atoms with Crippen LogP contribution in [0, 0.1) is 6.92 Å². The van der Waals surface area contributed by atoms with Crippen LogP contribution in [0.15, 0.2) is 0 Å². The topological polar surface area (TPSA) is 49.8 Å². The highest BCUT2D eigenvalue weighted by Crippen LogP contribution is 2.29. The van der Waals surface area contributed by atoms with Gasteiger partial charge in [-0.05, 0) is 26.7 Å². The highest BCUT2D eigenvalue weighted by molar-refractivity contribution is 5.58. The lowest BCUT2D eigenvalue weighted by Gasteiger charge is -2.22. The first-order chi connectivity index (χ1) is 9.41. The number of anilines is 2. The average molecular weight is 276 g/mol. The fourth-order valence-electron chi connectivity index (χ4n) is 2.60. The van der Waals surface area contributed by atoms with E-state index in [2.05, 4.69) is 45.3 Å². The minimum absolute atomic E-state index is 0.0377. The molecule has 1 aromatic rings. The second-order valence-electron chi connectivity index (χ2n) is 6.78. The van der Waals surface area contributed by atoms with E-state index in [0.717, 1.165) is 29.6 Å². The third-order valence-electron chi connectivity index (χ3n) is 3.86. The molecule has 1 aliphatic carbocycles. The van der Waals surface area contributed by atoms with E-state index in [1.165, 1.54) is 25.7 Å². The molecule has 0 atom stereocenters. The first-order valence-corrected chi connectivity index (χ1v) is 7.81. The third kappa shape index (κ3) is 3.41. The zero-order chi connectivity index (χ0) is 14.8. The average Bonchev–Trinajstić information content (AvgIpc) is 2.86. The van der Waals surface area contributed by atoms with E-state index < -0.39 is 0 Å². The van der Waals surface area contributed by atoms with E-state index in [-0.39, 0.29) is 5.41 Å². The Morgan fingerprint density at radius 2 is 1.70 bits per heavy atom. The molecule has 0 aromatic carbocycles. The molecule has 4 heteroatoms. The lowest BCUT2D eigenvalue weighted by Crippen LogP contribution is -2.22. The van der Waals surface area contributed by atoms with Crippen molar-refractivity contribution in [3.63, 3.8) is 0 Å². The predicted octanol–water partition coefficient (Wildman–Crippen LogP) is 3.87. The van der Waals surface area contributed by atoms with Gasteiger partial charge < -0.3 is 10.6 Å². The van der Waals surface area contributed by atoms with Crippen molar-refractivity contribution in [2.24, 2.45) is 0 Å². The zero-order valence-electron chi connectivity index (χ0n) is 13.5. The van der Waals surface area contributed by atoms with Gasteiger partial charge in [-0.15, -0.1) is 0 Å². The molecular formula is C16H28N4. The van der Waals surface area contributed by atoms with Crippen LogP contribution in [0.1, 0.15) is 64.8 Å². The molecule has 0 saturated heterocycles. The van der Waals surface area contributed by atoms with Crippen LogP contribution in [-0.2, 0) is 5.41 Å². The van der Waals surface area contributed by atoms with Crippen molar-refractivity contribution in [3.05, 3.63) is 11.4 Å². The Kier molecular flexibility index (Phi) is 4.51. The van der Waals surface area contributed by atoms with Gasteiger partial charge in [0.25, 0.3) is 0 Å². The fourth-order valence-corrected chi connectivity index (χ4v) is 2.60. The lowest BCUT2D eigenvalue weighted by atomic mass is 9.95. The van der Waals surface area contributed by atoms with Gasteiger partial charge in [0.05, 0.1) is 0 Å². The molecular weight excluding hydrogens is 248 g/mol. The summed E-state index contributed by atoms with van der Waals surface area (Å²) < 4.78 is 0. The highest BCUT2D eigenvalue weighted by Gasteiger charge is 2.23. The normalized spacial score (nSPS) is 16.4. The smallest absolute Gasteiger partial charge is 0.138 e. The van der Waals surface area contributed by atoms with Crippen molar-refractivity contribution in [1.82, 2.24) is 9.97 Å². The Balaban J connectivity index is 2.34. The molecule has 1 fully saturated rings. The number of nitrogens with zero attached hydrogens (tertiary/aromatic N) is 2. The van der Waals surface area contributed by atoms with Crippen LogP contribution in [0.5, 0.6) is 0 Å². The monoisotopic (exact) mass is 276 g/mol. The van der Waals surface area contributed by atoms with Gasteiger partial charge in [0.1, 0.15) is 17.5 Å². The van der Waals surface area contributed by atoms with E-state index in [9.17, 15) is 0 Å². The van der Waals surface area contributed by atoms with Gasteiger partial charge in [0, 0.05) is 23.6 Å². The van der Waals surface area contributed by atoms with Crippen molar-refractivity contribution >= 4 is 11.6 Å². The highest BCUT2D eigenvalue weighted by atomic mass is 15.1. The second kappa shape index (κ2) is 5.98. The summed E-state index contributed by atoms with van der Waals surface area (Å²) in [4.78, 5) is 9.49. The van der Waals surface area contributed by atoms with Crippen LogP contribution in [0.25, 0.3) is 0 Å². The van der Waals surface area contributed by atoms with Crippen LogP contribution in [0.2, 0.25) is 0 Å². The Morgan fingerprint density at radius 1 is 1.10 bits per heavy atom. The quantitative estimate of drug-likeness (QED) is 0.876. The Morgan fingerprint density at radius 3 is 2.25 bits per heavy atom. The van der Waals surface area contributed by atoms with Crippen LogP contribution >= 0.6 is 0 Å². The molecule has 2 rings (SSSR count). The molecule has 4 nitrogen and oxygen atoms in total. The summed E-state index contributed by atoms with van der Waals surface area (Å²) in [7, 11) is 0. The molecule has 2 N–H and O–H groups in total. The van der Waals surface area contributed by atoms with Crippen molar-refractivity contribution in [2.45, 2.75) is 71.8 Å². The standard InChI is InChI=1S/C16H28N4/c1-6-17-13-11(2)14(18-12-9-7-8-10-12)20-15(19-13)16(3,4)5/h12H,6-10H2,1-5H3,(H2,17,18,19,20). The van der Waals surface area contributed by atoms with Gasteiger partial charge in [0.15, 0.2) is 0 Å². The SMILES string of the molecule is CCNc1nc(C(C)(C)C)nc(NC2CCCC2)c1C. The summed E-state index contributed by atoms with van der Waals surface area (Å²) in [5, 5.41) is 6.99. The number of aromatic nitrogens is 2. The van der Waals surface area contributed by atoms with E-state index >= 15 is 0 Å². The molecule has 1 heterocycles. The lowest BCUT2D eigenvalue weighted by molar-refractivity contribution is 0.545. The van der Waals surface area contributed by atoms with Crippen molar-refractivity contribution < 1.29 is 0 Å². The van der Waals surface area contributed by atoms with Crippen LogP contribution in [0.4, 0.5) is 11.6 Å². The Hall–Kier alpha value is -1.32. The van der Waals surface area contributed by atoms with E-state index in [4.69, 9.17) is 9.97 Å². The summed E-state index contributed by atoms with van der Waals surface area (Å²) in [6, 6.07) is 0.575. The Labute approximate surface area is 122 Å².